The van der Waals surface area contributed by atoms with Crippen LogP contribution in [0.15, 0.2) is 53.4 Å². The van der Waals surface area contributed by atoms with Gasteiger partial charge < -0.3 is 9.80 Å². The van der Waals surface area contributed by atoms with Gasteiger partial charge in [0.15, 0.2) is 0 Å². The lowest BCUT2D eigenvalue weighted by molar-refractivity contribution is 0.0730. The minimum Gasteiger partial charge on any atom is -0.335 e. The summed E-state index contributed by atoms with van der Waals surface area (Å²) < 4.78 is 27.6. The van der Waals surface area contributed by atoms with Crippen LogP contribution in [-0.4, -0.2) is 68.7 Å². The van der Waals surface area contributed by atoms with Gasteiger partial charge in [-0.3, -0.25) is 4.79 Å². The fourth-order valence-electron chi connectivity index (χ4n) is 4.25. The Balaban J connectivity index is 1.56. The molecule has 6 nitrogen and oxygen atoms in total. The van der Waals surface area contributed by atoms with Gasteiger partial charge in [0.25, 0.3) is 5.91 Å². The Morgan fingerprint density at radius 1 is 1.03 bits per heavy atom. The highest BCUT2D eigenvalue weighted by molar-refractivity contribution is 7.89. The van der Waals surface area contributed by atoms with Crippen molar-refractivity contribution >= 4 is 15.9 Å². The lowest BCUT2D eigenvalue weighted by Crippen LogP contribution is -2.47. The van der Waals surface area contributed by atoms with E-state index >= 15 is 0 Å². The van der Waals surface area contributed by atoms with Gasteiger partial charge in [-0.05, 0) is 49.2 Å². The molecule has 7 heteroatoms. The van der Waals surface area contributed by atoms with E-state index in [1.165, 1.54) is 21.5 Å². The Morgan fingerprint density at radius 2 is 1.76 bits per heavy atom. The fourth-order valence-corrected chi connectivity index (χ4v) is 5.72. The van der Waals surface area contributed by atoms with E-state index in [1.54, 1.807) is 30.1 Å². The van der Waals surface area contributed by atoms with Gasteiger partial charge in [0.1, 0.15) is 0 Å². The minimum absolute atomic E-state index is 0.0246. The maximum atomic E-state index is 13.2. The quantitative estimate of drug-likeness (QED) is 0.772. The van der Waals surface area contributed by atoms with E-state index in [0.717, 1.165) is 12.8 Å². The van der Waals surface area contributed by atoms with Crippen LogP contribution in [0, 0.1) is 0 Å². The Hall–Kier alpha value is -2.22. The number of hydrogen-bond donors (Lipinski definition) is 0. The van der Waals surface area contributed by atoms with Crippen LogP contribution in [0.4, 0.5) is 0 Å². The van der Waals surface area contributed by atoms with Crippen molar-refractivity contribution in [3.63, 3.8) is 0 Å². The molecule has 1 fully saturated rings. The second-order valence-electron chi connectivity index (χ2n) is 7.90. The molecule has 1 saturated heterocycles. The molecular formula is C22H27N3O3S. The number of amides is 1. The van der Waals surface area contributed by atoms with Crippen molar-refractivity contribution in [1.82, 2.24) is 14.1 Å². The number of fused-ring (bicyclic) bond motifs is 1. The van der Waals surface area contributed by atoms with Gasteiger partial charge in [0.05, 0.1) is 10.9 Å². The maximum absolute atomic E-state index is 13.2. The van der Waals surface area contributed by atoms with Crippen molar-refractivity contribution in [1.29, 1.82) is 0 Å². The largest absolute Gasteiger partial charge is 0.335 e. The molecule has 0 aromatic heterocycles. The highest BCUT2D eigenvalue weighted by Crippen LogP contribution is 2.35. The minimum atomic E-state index is -3.60. The van der Waals surface area contributed by atoms with Crippen molar-refractivity contribution < 1.29 is 13.2 Å². The summed E-state index contributed by atoms with van der Waals surface area (Å²) in [4.78, 5) is 17.2. The monoisotopic (exact) mass is 413 g/mol. The highest BCUT2D eigenvalue weighted by Gasteiger charge is 2.31. The first kappa shape index (κ1) is 20.1. The standard InChI is InChI=1S/C22H27N3O3S/c1-23-12-14-25(15-13-23)29(27,28)19-8-5-7-18(16-19)22(26)24(2)21-11-10-17-6-3-4-9-20(17)21/h3-9,16,21H,10-15H2,1-2H3. The van der Waals surface area contributed by atoms with Gasteiger partial charge in [0, 0.05) is 38.8 Å². The second kappa shape index (κ2) is 7.89. The second-order valence-corrected chi connectivity index (χ2v) is 9.84. The van der Waals surface area contributed by atoms with Gasteiger partial charge in [-0.15, -0.1) is 0 Å². The summed E-state index contributed by atoms with van der Waals surface area (Å²) in [6.07, 6.45) is 1.84. The van der Waals surface area contributed by atoms with Crippen molar-refractivity contribution in [2.45, 2.75) is 23.8 Å². The third kappa shape index (κ3) is 3.82. The Kier molecular flexibility index (Phi) is 5.46. The molecule has 0 radical (unpaired) electrons. The summed E-state index contributed by atoms with van der Waals surface area (Å²) in [5, 5.41) is 0. The number of benzene rings is 2. The highest BCUT2D eigenvalue weighted by atomic mass is 32.2. The smallest absolute Gasteiger partial charge is 0.254 e. The van der Waals surface area contributed by atoms with Gasteiger partial charge in [-0.2, -0.15) is 4.31 Å². The van der Waals surface area contributed by atoms with Crippen molar-refractivity contribution in [2.75, 3.05) is 40.3 Å². The number of piperazine rings is 1. The van der Waals surface area contributed by atoms with Crippen LogP contribution in [0.2, 0.25) is 0 Å². The molecule has 154 valence electrons. The lowest BCUT2D eigenvalue weighted by Gasteiger charge is -2.31. The van der Waals surface area contributed by atoms with Crippen LogP contribution in [0.25, 0.3) is 0 Å². The molecule has 2 aliphatic rings. The summed E-state index contributed by atoms with van der Waals surface area (Å²) in [5.41, 5.74) is 2.88. The number of likely N-dealkylation sites (N-methyl/N-ethyl adjacent to an activating group) is 1. The number of sulfonamides is 1. The van der Waals surface area contributed by atoms with E-state index in [9.17, 15) is 13.2 Å². The number of carbonyl (C=O) groups excluding carboxylic acids is 1. The zero-order valence-electron chi connectivity index (χ0n) is 16.9. The Labute approximate surface area is 172 Å². The molecule has 1 aliphatic heterocycles. The van der Waals surface area contributed by atoms with E-state index in [1.807, 2.05) is 19.2 Å². The third-order valence-corrected chi connectivity index (χ3v) is 7.96. The number of rotatable bonds is 4. The topological polar surface area (TPSA) is 60.9 Å². The molecule has 0 bridgehead atoms. The molecule has 0 N–H and O–H groups in total. The van der Waals surface area contributed by atoms with Gasteiger partial charge >= 0.3 is 0 Å². The molecule has 1 aliphatic carbocycles. The molecule has 1 amide bonds. The first-order valence-corrected chi connectivity index (χ1v) is 11.5. The van der Waals surface area contributed by atoms with Crippen LogP contribution < -0.4 is 0 Å². The van der Waals surface area contributed by atoms with Crippen molar-refractivity contribution in [3.8, 4) is 0 Å². The van der Waals surface area contributed by atoms with E-state index in [4.69, 9.17) is 0 Å². The Bertz CT molecular complexity index is 1010. The van der Waals surface area contributed by atoms with Crippen LogP contribution in [0.1, 0.15) is 33.9 Å². The molecule has 29 heavy (non-hydrogen) atoms. The molecule has 4 rings (SSSR count). The summed E-state index contributed by atoms with van der Waals surface area (Å²) in [5.74, 6) is -0.151. The summed E-state index contributed by atoms with van der Waals surface area (Å²) in [6, 6.07) is 14.7. The zero-order valence-corrected chi connectivity index (χ0v) is 17.7. The fraction of sp³-hybridized carbons (Fsp3) is 0.409. The van der Waals surface area contributed by atoms with E-state index in [2.05, 4.69) is 17.0 Å². The number of carbonyl (C=O) groups is 1. The molecule has 1 unspecified atom stereocenters. The molecule has 1 atom stereocenters. The first-order valence-electron chi connectivity index (χ1n) is 10.0. The van der Waals surface area contributed by atoms with Crippen LogP contribution in [0.5, 0.6) is 0 Å². The van der Waals surface area contributed by atoms with Gasteiger partial charge in [0.2, 0.25) is 10.0 Å². The molecule has 2 aromatic carbocycles. The normalized spacial score (nSPS) is 20.4. The third-order valence-electron chi connectivity index (χ3n) is 6.07. The first-order chi connectivity index (χ1) is 13.9. The van der Waals surface area contributed by atoms with E-state index in [0.29, 0.717) is 31.7 Å². The van der Waals surface area contributed by atoms with Gasteiger partial charge in [-0.1, -0.05) is 30.3 Å². The van der Waals surface area contributed by atoms with Crippen molar-refractivity contribution in [2.24, 2.45) is 0 Å². The number of hydrogen-bond acceptors (Lipinski definition) is 4. The molecule has 2 aromatic rings. The van der Waals surface area contributed by atoms with Crippen LogP contribution in [0.3, 0.4) is 0 Å². The molecule has 0 saturated carbocycles. The van der Waals surface area contributed by atoms with Crippen LogP contribution >= 0.6 is 0 Å². The molecular weight excluding hydrogens is 386 g/mol. The van der Waals surface area contributed by atoms with E-state index in [-0.39, 0.29) is 16.8 Å². The summed E-state index contributed by atoms with van der Waals surface area (Å²) >= 11 is 0. The molecule has 0 spiro atoms. The van der Waals surface area contributed by atoms with E-state index < -0.39 is 10.0 Å². The Morgan fingerprint density at radius 3 is 2.52 bits per heavy atom. The number of nitrogens with zero attached hydrogens (tertiary/aromatic N) is 3. The average Bonchev–Trinajstić information content (AvgIpc) is 3.17. The number of aryl methyl sites for hydroxylation is 1. The van der Waals surface area contributed by atoms with Crippen molar-refractivity contribution in [3.05, 3.63) is 65.2 Å². The predicted octanol–water partition coefficient (Wildman–Crippen LogP) is 2.38. The molecule has 1 heterocycles. The lowest BCUT2D eigenvalue weighted by atomic mass is 10.1. The average molecular weight is 414 g/mol. The van der Waals surface area contributed by atoms with Crippen LogP contribution in [-0.2, 0) is 16.4 Å². The van der Waals surface area contributed by atoms with Gasteiger partial charge in [-0.25, -0.2) is 8.42 Å². The predicted molar refractivity (Wildman–Crippen MR) is 112 cm³/mol. The summed E-state index contributed by atoms with van der Waals surface area (Å²) in [7, 11) is 0.190. The SMILES string of the molecule is CN1CCN(S(=O)(=O)c2cccc(C(=O)N(C)C3CCc4ccccc43)c2)CC1. The zero-order chi connectivity index (χ0) is 20.6. The maximum Gasteiger partial charge on any atom is 0.254 e. The summed E-state index contributed by atoms with van der Waals surface area (Å²) in [6.45, 7) is 2.36.